The molecule has 0 fully saturated rings. The first kappa shape index (κ1) is 18.4. The third-order valence-electron chi connectivity index (χ3n) is 4.61. The van der Waals surface area contributed by atoms with E-state index in [-0.39, 0.29) is 17.9 Å². The van der Waals surface area contributed by atoms with Crippen LogP contribution in [0.4, 0.5) is 0 Å². The highest BCUT2D eigenvalue weighted by Crippen LogP contribution is 2.12. The maximum absolute atomic E-state index is 12.4. The molecule has 0 aliphatic heterocycles. The first-order valence-electron chi connectivity index (χ1n) is 8.96. The van der Waals surface area contributed by atoms with Crippen molar-refractivity contribution >= 4 is 11.6 Å². The molecular formula is C21H18N4O4. The average Bonchev–Trinajstić information content (AvgIpc) is 3.05. The van der Waals surface area contributed by atoms with Crippen LogP contribution in [0.3, 0.4) is 0 Å². The molecule has 8 nitrogen and oxygen atoms in total. The molecule has 0 saturated carbocycles. The number of rotatable bonds is 4. The van der Waals surface area contributed by atoms with Crippen molar-refractivity contribution < 1.29 is 9.53 Å². The topological polar surface area (TPSA) is 98.5 Å². The molecule has 29 heavy (non-hydrogen) atoms. The van der Waals surface area contributed by atoms with Gasteiger partial charge in [-0.15, -0.1) is 0 Å². The molecule has 1 aromatic carbocycles. The van der Waals surface area contributed by atoms with E-state index < -0.39 is 5.97 Å². The Morgan fingerprint density at radius 1 is 1.14 bits per heavy atom. The number of imidazole rings is 1. The summed E-state index contributed by atoms with van der Waals surface area (Å²) in [5.74, 6) is -0.540. The summed E-state index contributed by atoms with van der Waals surface area (Å²) < 4.78 is 8.26. The number of carbonyl (C=O) groups is 1. The van der Waals surface area contributed by atoms with Gasteiger partial charge in [-0.05, 0) is 49.7 Å². The molecular weight excluding hydrogens is 372 g/mol. The third-order valence-corrected chi connectivity index (χ3v) is 4.61. The molecule has 0 aliphatic carbocycles. The standard InChI is InChI=1S/C21H18N4O4/c1-13-4-3-9-24-18(26)10-16(23-19(13)24)12-29-20(27)15-5-7-17(8-6-15)25-14(2)11-22-21(25)28/h3-11H,12H2,1-2H3,(H,22,28). The molecule has 0 amide bonds. The number of aromatic amines is 1. The van der Waals surface area contributed by atoms with E-state index in [1.54, 1.807) is 49.6 Å². The van der Waals surface area contributed by atoms with E-state index in [0.29, 0.717) is 22.6 Å². The summed E-state index contributed by atoms with van der Waals surface area (Å²) in [6, 6.07) is 11.5. The highest BCUT2D eigenvalue weighted by molar-refractivity contribution is 5.89. The summed E-state index contributed by atoms with van der Waals surface area (Å²) in [7, 11) is 0. The Hall–Kier alpha value is -3.94. The second kappa shape index (κ2) is 7.23. The number of nitrogens with zero attached hydrogens (tertiary/aromatic N) is 3. The van der Waals surface area contributed by atoms with Gasteiger partial charge < -0.3 is 9.72 Å². The number of carbonyl (C=O) groups excluding carboxylic acids is 1. The lowest BCUT2D eigenvalue weighted by Gasteiger charge is -2.08. The van der Waals surface area contributed by atoms with Gasteiger partial charge in [-0.3, -0.25) is 13.8 Å². The Balaban J connectivity index is 1.52. The number of H-pyrrole nitrogens is 1. The van der Waals surface area contributed by atoms with Crippen molar-refractivity contribution in [1.82, 2.24) is 18.9 Å². The van der Waals surface area contributed by atoms with Gasteiger partial charge in [-0.1, -0.05) is 6.07 Å². The molecule has 0 aliphatic rings. The number of aryl methyl sites for hydroxylation is 2. The van der Waals surface area contributed by atoms with Crippen molar-refractivity contribution in [3.05, 3.63) is 98.2 Å². The predicted octanol–water partition coefficient (Wildman–Crippen LogP) is 2.15. The van der Waals surface area contributed by atoms with Crippen LogP contribution < -0.4 is 11.2 Å². The van der Waals surface area contributed by atoms with Crippen molar-refractivity contribution in [3.8, 4) is 5.69 Å². The van der Waals surface area contributed by atoms with Crippen LogP contribution in [0.5, 0.6) is 0 Å². The fraction of sp³-hybridized carbons (Fsp3) is 0.143. The minimum Gasteiger partial charge on any atom is -0.456 e. The first-order valence-corrected chi connectivity index (χ1v) is 8.96. The maximum Gasteiger partial charge on any atom is 0.338 e. The zero-order valence-electron chi connectivity index (χ0n) is 15.9. The summed E-state index contributed by atoms with van der Waals surface area (Å²) >= 11 is 0. The lowest BCUT2D eigenvalue weighted by atomic mass is 10.2. The number of benzene rings is 1. The molecule has 3 aromatic heterocycles. The van der Waals surface area contributed by atoms with Gasteiger partial charge in [0.05, 0.1) is 16.9 Å². The van der Waals surface area contributed by atoms with Crippen molar-refractivity contribution in [2.24, 2.45) is 0 Å². The van der Waals surface area contributed by atoms with E-state index >= 15 is 0 Å². The Morgan fingerprint density at radius 3 is 2.59 bits per heavy atom. The Bertz CT molecular complexity index is 1330. The molecule has 1 N–H and O–H groups in total. The van der Waals surface area contributed by atoms with Gasteiger partial charge in [0, 0.05) is 24.2 Å². The molecule has 3 heterocycles. The van der Waals surface area contributed by atoms with Crippen LogP contribution in [0.15, 0.2) is 64.4 Å². The van der Waals surface area contributed by atoms with Gasteiger partial charge in [0.1, 0.15) is 12.3 Å². The second-order valence-corrected chi connectivity index (χ2v) is 6.66. The highest BCUT2D eigenvalue weighted by Gasteiger charge is 2.11. The lowest BCUT2D eigenvalue weighted by Crippen LogP contribution is -2.17. The minimum atomic E-state index is -0.540. The van der Waals surface area contributed by atoms with E-state index in [9.17, 15) is 14.4 Å². The van der Waals surface area contributed by atoms with Crippen molar-refractivity contribution in [1.29, 1.82) is 0 Å². The van der Waals surface area contributed by atoms with Gasteiger partial charge in [0.2, 0.25) is 0 Å². The van der Waals surface area contributed by atoms with E-state index in [1.807, 2.05) is 13.0 Å². The van der Waals surface area contributed by atoms with Crippen molar-refractivity contribution in [2.45, 2.75) is 20.5 Å². The largest absolute Gasteiger partial charge is 0.456 e. The molecule has 8 heteroatoms. The lowest BCUT2D eigenvalue weighted by molar-refractivity contribution is 0.0467. The summed E-state index contributed by atoms with van der Waals surface area (Å²) in [5, 5.41) is 0. The Kier molecular flexibility index (Phi) is 4.59. The molecule has 4 aromatic rings. The van der Waals surface area contributed by atoms with Gasteiger partial charge in [-0.2, -0.15) is 0 Å². The zero-order chi connectivity index (χ0) is 20.5. The van der Waals surface area contributed by atoms with Gasteiger partial charge in [0.15, 0.2) is 0 Å². The zero-order valence-corrected chi connectivity index (χ0v) is 15.9. The van der Waals surface area contributed by atoms with Crippen LogP contribution in [0, 0.1) is 13.8 Å². The number of esters is 1. The predicted molar refractivity (Wildman–Crippen MR) is 106 cm³/mol. The number of nitrogens with one attached hydrogen (secondary N) is 1. The number of pyridine rings is 1. The normalized spacial score (nSPS) is 11.0. The van der Waals surface area contributed by atoms with Crippen LogP contribution in [-0.2, 0) is 11.3 Å². The maximum atomic E-state index is 12.4. The number of ether oxygens (including phenoxy) is 1. The smallest absolute Gasteiger partial charge is 0.338 e. The summed E-state index contributed by atoms with van der Waals surface area (Å²) in [4.78, 5) is 43.5. The second-order valence-electron chi connectivity index (χ2n) is 6.66. The summed E-state index contributed by atoms with van der Waals surface area (Å²) in [5.41, 5.74) is 3.02. The van der Waals surface area contributed by atoms with Crippen LogP contribution in [0.2, 0.25) is 0 Å². The molecule has 0 unspecified atom stereocenters. The fourth-order valence-electron chi connectivity index (χ4n) is 3.13. The van der Waals surface area contributed by atoms with Crippen LogP contribution in [-0.4, -0.2) is 24.9 Å². The molecule has 146 valence electrons. The Labute approximate surface area is 165 Å². The molecule has 0 spiro atoms. The molecule has 0 radical (unpaired) electrons. The molecule has 0 bridgehead atoms. The van der Waals surface area contributed by atoms with Gasteiger partial charge in [-0.25, -0.2) is 14.6 Å². The van der Waals surface area contributed by atoms with Crippen LogP contribution >= 0.6 is 0 Å². The number of fused-ring (bicyclic) bond motifs is 1. The third kappa shape index (κ3) is 3.47. The van der Waals surface area contributed by atoms with Crippen molar-refractivity contribution in [2.75, 3.05) is 0 Å². The highest BCUT2D eigenvalue weighted by atomic mass is 16.5. The van der Waals surface area contributed by atoms with Crippen LogP contribution in [0.25, 0.3) is 11.3 Å². The van der Waals surface area contributed by atoms with Crippen molar-refractivity contribution in [3.63, 3.8) is 0 Å². The van der Waals surface area contributed by atoms with Gasteiger partial charge in [0.25, 0.3) is 5.56 Å². The molecule has 0 atom stereocenters. The molecule has 4 rings (SSSR count). The van der Waals surface area contributed by atoms with E-state index in [2.05, 4.69) is 9.97 Å². The SMILES string of the molecule is Cc1cccn2c(=O)cc(COC(=O)c3ccc(-n4c(C)c[nH]c4=O)cc3)nc12. The Morgan fingerprint density at radius 2 is 1.90 bits per heavy atom. The monoisotopic (exact) mass is 390 g/mol. The summed E-state index contributed by atoms with van der Waals surface area (Å²) in [6.07, 6.45) is 3.26. The van der Waals surface area contributed by atoms with Crippen LogP contribution in [0.1, 0.15) is 27.3 Å². The fourth-order valence-corrected chi connectivity index (χ4v) is 3.13. The molecule has 0 saturated heterocycles. The minimum absolute atomic E-state index is 0.114. The number of hydrogen-bond donors (Lipinski definition) is 1. The van der Waals surface area contributed by atoms with Gasteiger partial charge >= 0.3 is 11.7 Å². The number of aromatic nitrogens is 4. The first-order chi connectivity index (χ1) is 13.9. The quantitative estimate of drug-likeness (QED) is 0.539. The summed E-state index contributed by atoms with van der Waals surface area (Å²) in [6.45, 7) is 3.55. The van der Waals surface area contributed by atoms with E-state index in [4.69, 9.17) is 4.74 Å². The van der Waals surface area contributed by atoms with E-state index in [1.165, 1.54) is 15.0 Å². The number of hydrogen-bond acceptors (Lipinski definition) is 5. The average molecular weight is 390 g/mol. The van der Waals surface area contributed by atoms with E-state index in [0.717, 1.165) is 11.3 Å².